The van der Waals surface area contributed by atoms with Crippen molar-refractivity contribution < 1.29 is 42.0 Å². The number of aliphatic carboxylic acids is 1. The highest BCUT2D eigenvalue weighted by Gasteiger charge is 2.41. The molecule has 1 aliphatic heterocycles. The molecule has 0 unspecified atom stereocenters. The van der Waals surface area contributed by atoms with E-state index in [4.69, 9.17) is 9.47 Å². The number of benzene rings is 2. The van der Waals surface area contributed by atoms with E-state index in [2.05, 4.69) is 4.98 Å². The molecule has 1 atom stereocenters. The fraction of sp³-hybridized carbons (Fsp3) is 0.429. The highest BCUT2D eigenvalue weighted by atomic mass is 19.2. The van der Waals surface area contributed by atoms with Gasteiger partial charge in [0, 0.05) is 35.8 Å². The zero-order chi connectivity index (χ0) is 28.2. The van der Waals surface area contributed by atoms with Crippen LogP contribution in [0, 0.1) is 22.9 Å². The van der Waals surface area contributed by atoms with Gasteiger partial charge in [0.15, 0.2) is 11.6 Å². The Morgan fingerprint density at radius 3 is 2.59 bits per heavy atom. The zero-order valence-electron chi connectivity index (χ0n) is 21.4. The molecule has 4 rings (SSSR count). The Morgan fingerprint density at radius 2 is 1.92 bits per heavy atom. The number of likely N-dealkylation sites (tertiary alicyclic amines) is 1. The van der Waals surface area contributed by atoms with Crippen LogP contribution >= 0.6 is 0 Å². The molecule has 3 aromatic rings. The summed E-state index contributed by atoms with van der Waals surface area (Å²) in [6, 6.07) is 6.31. The number of halogens is 4. The van der Waals surface area contributed by atoms with Gasteiger partial charge in [-0.1, -0.05) is 0 Å². The second-order valence-corrected chi connectivity index (χ2v) is 9.74. The minimum absolute atomic E-state index is 0.0385. The fourth-order valence-corrected chi connectivity index (χ4v) is 5.12. The number of carboxylic acid groups (broad SMARTS) is 1. The number of alkyl halides is 1. The quantitative estimate of drug-likeness (QED) is 0.251. The van der Waals surface area contributed by atoms with Crippen molar-refractivity contribution in [2.75, 3.05) is 33.4 Å². The van der Waals surface area contributed by atoms with Gasteiger partial charge in [0.25, 0.3) is 0 Å². The summed E-state index contributed by atoms with van der Waals surface area (Å²) in [7, 11) is 1.50. The maximum absolute atomic E-state index is 13.8. The molecular weight excluding hydrogens is 520 g/mol. The average Bonchev–Trinajstić information content (AvgIpc) is 2.93. The number of aliphatic hydroxyl groups excluding tert-OH is 1. The monoisotopic (exact) mass is 550 g/mol. The lowest BCUT2D eigenvalue weighted by Gasteiger charge is -2.39. The van der Waals surface area contributed by atoms with E-state index in [0.717, 1.165) is 6.07 Å². The number of pyridine rings is 1. The SMILES string of the molecule is COc1ccc2ncc(CF)c([C@H](O)CCC3(C(=O)O)CCN(CCOc4cc(F)cc(F)c4F)CC3)c2c1. The molecule has 1 saturated heterocycles. The van der Waals surface area contributed by atoms with Gasteiger partial charge in [-0.25, -0.2) is 13.2 Å². The van der Waals surface area contributed by atoms with Crippen molar-refractivity contribution in [1.29, 1.82) is 0 Å². The van der Waals surface area contributed by atoms with Crippen LogP contribution < -0.4 is 9.47 Å². The van der Waals surface area contributed by atoms with Crippen LogP contribution in [0.1, 0.15) is 42.9 Å². The lowest BCUT2D eigenvalue weighted by atomic mass is 9.74. The van der Waals surface area contributed by atoms with Crippen molar-refractivity contribution in [2.24, 2.45) is 5.41 Å². The number of carboxylic acids is 1. The highest BCUT2D eigenvalue weighted by Crippen LogP contribution is 2.40. The largest absolute Gasteiger partial charge is 0.497 e. The summed E-state index contributed by atoms with van der Waals surface area (Å²) in [6.45, 7) is 0.233. The highest BCUT2D eigenvalue weighted by molar-refractivity contribution is 5.85. The Bertz CT molecular complexity index is 1330. The van der Waals surface area contributed by atoms with Crippen LogP contribution in [0.3, 0.4) is 0 Å². The first-order valence-electron chi connectivity index (χ1n) is 12.6. The van der Waals surface area contributed by atoms with E-state index in [0.29, 0.717) is 60.8 Å². The molecular formula is C28H30F4N2O5. The van der Waals surface area contributed by atoms with E-state index >= 15 is 0 Å². The smallest absolute Gasteiger partial charge is 0.309 e. The molecule has 2 aromatic carbocycles. The Balaban J connectivity index is 1.39. The molecule has 2 N–H and O–H groups in total. The summed E-state index contributed by atoms with van der Waals surface area (Å²) >= 11 is 0. The van der Waals surface area contributed by atoms with Crippen LogP contribution in [0.25, 0.3) is 10.9 Å². The molecule has 1 aliphatic rings. The Hall–Kier alpha value is -3.44. The number of aliphatic hydroxyl groups is 1. The van der Waals surface area contributed by atoms with Crippen molar-refractivity contribution in [2.45, 2.75) is 38.5 Å². The third kappa shape index (κ3) is 6.25. The van der Waals surface area contributed by atoms with Gasteiger partial charge in [-0.2, -0.15) is 4.39 Å². The minimum atomic E-state index is -1.34. The van der Waals surface area contributed by atoms with Crippen molar-refractivity contribution in [1.82, 2.24) is 9.88 Å². The van der Waals surface area contributed by atoms with Gasteiger partial charge in [-0.15, -0.1) is 0 Å². The predicted octanol–water partition coefficient (Wildman–Crippen LogP) is 5.19. The maximum atomic E-state index is 13.8. The lowest BCUT2D eigenvalue weighted by molar-refractivity contribution is -0.153. The number of nitrogens with zero attached hydrogens (tertiary/aromatic N) is 2. The topological polar surface area (TPSA) is 92.1 Å². The van der Waals surface area contributed by atoms with Crippen LogP contribution in [0.5, 0.6) is 11.5 Å². The fourth-order valence-electron chi connectivity index (χ4n) is 5.12. The summed E-state index contributed by atoms with van der Waals surface area (Å²) in [6.07, 6.45) is 1.12. The molecule has 39 heavy (non-hydrogen) atoms. The van der Waals surface area contributed by atoms with Gasteiger partial charge < -0.3 is 19.7 Å². The summed E-state index contributed by atoms with van der Waals surface area (Å²) < 4.78 is 64.8. The second-order valence-electron chi connectivity index (χ2n) is 9.74. The van der Waals surface area contributed by atoms with Crippen molar-refractivity contribution in [3.8, 4) is 11.5 Å². The Kier molecular flexibility index (Phi) is 8.91. The summed E-state index contributed by atoms with van der Waals surface area (Å²) in [5.41, 5.74) is 0.0768. The molecule has 0 spiro atoms. The van der Waals surface area contributed by atoms with Crippen molar-refractivity contribution in [3.63, 3.8) is 0 Å². The molecule has 0 aliphatic carbocycles. The molecule has 11 heteroatoms. The van der Waals surface area contributed by atoms with Crippen LogP contribution in [0.15, 0.2) is 36.5 Å². The van der Waals surface area contributed by atoms with E-state index in [9.17, 15) is 32.6 Å². The number of hydrogen-bond acceptors (Lipinski definition) is 6. The summed E-state index contributed by atoms with van der Waals surface area (Å²) in [5, 5.41) is 21.7. The van der Waals surface area contributed by atoms with Crippen LogP contribution in [-0.4, -0.2) is 59.4 Å². The molecule has 2 heterocycles. The van der Waals surface area contributed by atoms with Crippen molar-refractivity contribution in [3.05, 3.63) is 65.1 Å². The number of carbonyl (C=O) groups is 1. The molecule has 7 nitrogen and oxygen atoms in total. The van der Waals surface area contributed by atoms with Gasteiger partial charge in [-0.3, -0.25) is 14.7 Å². The number of rotatable bonds is 11. The van der Waals surface area contributed by atoms with Crippen LogP contribution in [0.2, 0.25) is 0 Å². The maximum Gasteiger partial charge on any atom is 0.309 e. The first kappa shape index (κ1) is 28.6. The predicted molar refractivity (Wildman–Crippen MR) is 135 cm³/mol. The van der Waals surface area contributed by atoms with Gasteiger partial charge in [0.2, 0.25) is 5.82 Å². The molecule has 0 bridgehead atoms. The normalized spacial score (nSPS) is 16.3. The molecule has 1 aromatic heterocycles. The minimum Gasteiger partial charge on any atom is -0.497 e. The average molecular weight is 551 g/mol. The van der Waals surface area contributed by atoms with E-state index in [1.165, 1.54) is 13.3 Å². The van der Waals surface area contributed by atoms with Crippen LogP contribution in [-0.2, 0) is 11.5 Å². The third-order valence-electron chi connectivity index (χ3n) is 7.46. The van der Waals surface area contributed by atoms with Gasteiger partial charge in [0.1, 0.15) is 24.8 Å². The molecule has 0 saturated carbocycles. The molecule has 1 fully saturated rings. The van der Waals surface area contributed by atoms with E-state index in [1.807, 2.05) is 4.90 Å². The van der Waals surface area contributed by atoms with Gasteiger partial charge in [-0.05, 0) is 62.5 Å². The number of ether oxygens (including phenoxy) is 2. The molecule has 0 amide bonds. The number of hydrogen-bond donors (Lipinski definition) is 2. The molecule has 0 radical (unpaired) electrons. The first-order chi connectivity index (χ1) is 18.7. The summed E-state index contributed by atoms with van der Waals surface area (Å²) in [4.78, 5) is 18.5. The Labute approximate surface area is 223 Å². The number of piperidine rings is 1. The number of aromatic nitrogens is 1. The van der Waals surface area contributed by atoms with Crippen molar-refractivity contribution >= 4 is 16.9 Å². The lowest BCUT2D eigenvalue weighted by Crippen LogP contribution is -2.45. The molecule has 210 valence electrons. The number of fused-ring (bicyclic) bond motifs is 1. The second kappa shape index (κ2) is 12.2. The zero-order valence-corrected chi connectivity index (χ0v) is 21.4. The van der Waals surface area contributed by atoms with Gasteiger partial charge >= 0.3 is 5.97 Å². The third-order valence-corrected chi connectivity index (χ3v) is 7.46. The van der Waals surface area contributed by atoms with E-state index < -0.39 is 47.4 Å². The Morgan fingerprint density at radius 1 is 1.18 bits per heavy atom. The van der Waals surface area contributed by atoms with E-state index in [-0.39, 0.29) is 25.0 Å². The first-order valence-corrected chi connectivity index (χ1v) is 12.6. The van der Waals surface area contributed by atoms with E-state index in [1.54, 1.807) is 18.2 Å². The summed E-state index contributed by atoms with van der Waals surface area (Å²) in [5.74, 6) is -4.53. The van der Waals surface area contributed by atoms with Gasteiger partial charge in [0.05, 0.1) is 24.1 Å². The number of methoxy groups -OCH3 is 1. The van der Waals surface area contributed by atoms with Crippen LogP contribution in [0.4, 0.5) is 17.6 Å². The standard InChI is InChI=1S/C28H30F4N2O5/c1-38-19-2-3-22-20(14-19)25(17(15-29)16-33-22)23(35)4-5-28(27(36)37)6-8-34(9-7-28)10-11-39-24-13-18(30)12-21(31)26(24)32/h2-3,12-14,16,23,35H,4-11,15H2,1H3,(H,36,37)/t23-/m1/s1.